The smallest absolute Gasteiger partial charge is 0.222 e. The van der Waals surface area contributed by atoms with E-state index in [1.807, 2.05) is 0 Å². The summed E-state index contributed by atoms with van der Waals surface area (Å²) in [6, 6.07) is 0. The average molecular weight is 892 g/mol. The van der Waals surface area contributed by atoms with Crippen LogP contribution in [0.3, 0.4) is 0 Å². The van der Waals surface area contributed by atoms with Crippen LogP contribution in [0.15, 0.2) is 0 Å². The second-order valence-corrected chi connectivity index (χ2v) is 14.9. The predicted octanol–water partition coefficient (Wildman–Crippen LogP) is -1.56. The molecule has 0 saturated heterocycles. The number of aliphatic hydroxyl groups excluding tert-OH is 3. The van der Waals surface area contributed by atoms with Crippen LogP contribution in [0.4, 0.5) is 0 Å². The maximum absolute atomic E-state index is 12.5. The van der Waals surface area contributed by atoms with Gasteiger partial charge >= 0.3 is 0 Å². The molecule has 21 heteroatoms. The Bertz CT molecular complexity index is 1100. The molecule has 0 unspecified atom stereocenters. The number of nitrogens with one attached hydrogen (secondary N) is 6. The first kappa shape index (κ1) is 58.0. The summed E-state index contributed by atoms with van der Waals surface area (Å²) in [6.07, 6.45) is 6.15. The van der Waals surface area contributed by atoms with E-state index in [4.69, 9.17) is 40.0 Å². The highest BCUT2D eigenvalue weighted by atomic mass is 16.5. The van der Waals surface area contributed by atoms with Crippen LogP contribution in [0, 0.1) is 5.41 Å². The molecule has 11 N–H and O–H groups in total. The van der Waals surface area contributed by atoms with E-state index < -0.39 is 11.3 Å². The standard InChI is InChI=1S/C41H77N7O14/c42-34(52)13-26-59-30-41(31-60-27-14-38(56)46-20-7-17-43-35(53)10-1-4-23-49,32-61-28-15-39(57)47-21-8-18-44-36(54)11-2-5-24-50)33-62-29-16-40(58)48-22-9-19-45-37(55)12-3-6-25-51/h49-51H,1-33H2,(H2,42,52)(H,43,53)(H,44,54)(H,45,55)(H,46,56)(H,47,57)(H,48,58). The molecular formula is C41H77N7O14. The van der Waals surface area contributed by atoms with Gasteiger partial charge in [0, 0.05) is 104 Å². The Morgan fingerprint density at radius 1 is 0.355 bits per heavy atom. The van der Waals surface area contributed by atoms with Gasteiger partial charge < -0.3 is 71.9 Å². The summed E-state index contributed by atoms with van der Waals surface area (Å²) in [4.78, 5) is 84.3. The first-order valence-electron chi connectivity index (χ1n) is 22.0. The number of nitrogens with two attached hydrogens (primary N) is 1. The van der Waals surface area contributed by atoms with E-state index in [1.54, 1.807) is 0 Å². The van der Waals surface area contributed by atoms with Crippen LogP contribution in [0.25, 0.3) is 0 Å². The van der Waals surface area contributed by atoms with Crippen LogP contribution < -0.4 is 37.6 Å². The van der Waals surface area contributed by atoms with Crippen LogP contribution >= 0.6 is 0 Å². The number of aliphatic hydroxyl groups is 3. The Morgan fingerprint density at radius 3 is 0.839 bits per heavy atom. The van der Waals surface area contributed by atoms with Gasteiger partial charge in [-0.15, -0.1) is 0 Å². The Kier molecular flexibility index (Phi) is 38.4. The molecule has 0 spiro atoms. The van der Waals surface area contributed by atoms with Gasteiger partial charge in [-0.25, -0.2) is 0 Å². The quantitative estimate of drug-likeness (QED) is 0.0310. The zero-order valence-corrected chi connectivity index (χ0v) is 36.7. The summed E-state index contributed by atoms with van der Waals surface area (Å²) in [7, 11) is 0. The van der Waals surface area contributed by atoms with Crippen molar-refractivity contribution in [2.45, 2.75) is 103 Å². The van der Waals surface area contributed by atoms with Gasteiger partial charge in [0.2, 0.25) is 41.4 Å². The van der Waals surface area contributed by atoms with Crippen molar-refractivity contribution in [3.05, 3.63) is 0 Å². The minimum absolute atomic E-state index is 0.00496. The van der Waals surface area contributed by atoms with E-state index in [2.05, 4.69) is 31.9 Å². The average Bonchev–Trinajstić information content (AvgIpc) is 3.24. The highest BCUT2D eigenvalue weighted by Crippen LogP contribution is 2.21. The topological polar surface area (TPSA) is 315 Å². The van der Waals surface area contributed by atoms with Gasteiger partial charge in [-0.05, 0) is 57.8 Å². The van der Waals surface area contributed by atoms with Crippen molar-refractivity contribution in [1.82, 2.24) is 31.9 Å². The van der Waals surface area contributed by atoms with Crippen LogP contribution in [-0.2, 0) is 52.5 Å². The van der Waals surface area contributed by atoms with E-state index >= 15 is 0 Å². The van der Waals surface area contributed by atoms with E-state index in [0.29, 0.717) is 116 Å². The molecule has 0 heterocycles. The summed E-state index contributed by atoms with van der Waals surface area (Å²) >= 11 is 0. The van der Waals surface area contributed by atoms with E-state index in [0.717, 1.165) is 0 Å². The summed E-state index contributed by atoms with van der Waals surface area (Å²) < 4.78 is 23.6. The molecule has 0 aromatic rings. The molecule has 0 saturated carbocycles. The van der Waals surface area contributed by atoms with Gasteiger partial charge in [-0.1, -0.05) is 0 Å². The minimum Gasteiger partial charge on any atom is -0.396 e. The predicted molar refractivity (Wildman–Crippen MR) is 228 cm³/mol. The lowest BCUT2D eigenvalue weighted by atomic mass is 9.92. The second kappa shape index (κ2) is 41.0. The van der Waals surface area contributed by atoms with Gasteiger partial charge in [0.15, 0.2) is 0 Å². The number of hydrogen-bond acceptors (Lipinski definition) is 14. The van der Waals surface area contributed by atoms with Crippen molar-refractivity contribution in [3.63, 3.8) is 0 Å². The number of unbranched alkanes of at least 4 members (excludes halogenated alkanes) is 3. The highest BCUT2D eigenvalue weighted by Gasteiger charge is 2.33. The third-order valence-electron chi connectivity index (χ3n) is 8.98. The maximum Gasteiger partial charge on any atom is 0.222 e. The molecule has 0 atom stereocenters. The molecule has 0 aliphatic heterocycles. The van der Waals surface area contributed by atoms with E-state index in [1.165, 1.54) is 0 Å². The summed E-state index contributed by atoms with van der Waals surface area (Å²) in [5.41, 5.74) is 4.31. The largest absolute Gasteiger partial charge is 0.396 e. The fourth-order valence-electron chi connectivity index (χ4n) is 5.43. The lowest BCUT2D eigenvalue weighted by Gasteiger charge is -2.33. The van der Waals surface area contributed by atoms with E-state index in [-0.39, 0.29) is 134 Å². The summed E-state index contributed by atoms with van der Waals surface area (Å²) in [5.74, 6) is -1.65. The number of primary amides is 1. The number of hydrogen-bond donors (Lipinski definition) is 10. The molecule has 0 aliphatic rings. The Labute approximate surface area is 366 Å². The molecular weight excluding hydrogens is 814 g/mol. The van der Waals surface area contributed by atoms with Crippen LogP contribution in [0.1, 0.15) is 103 Å². The van der Waals surface area contributed by atoms with Crippen molar-refractivity contribution in [3.8, 4) is 0 Å². The lowest BCUT2D eigenvalue weighted by Crippen LogP contribution is -2.43. The number of rotatable bonds is 44. The zero-order valence-electron chi connectivity index (χ0n) is 36.7. The summed E-state index contributed by atoms with van der Waals surface area (Å²) in [5, 5.41) is 43.2. The fraction of sp³-hybridized carbons (Fsp3) is 0.829. The third kappa shape index (κ3) is 37.7. The van der Waals surface area contributed by atoms with Gasteiger partial charge in [0.25, 0.3) is 0 Å². The number of amides is 7. The van der Waals surface area contributed by atoms with Gasteiger partial charge in [-0.3, -0.25) is 33.6 Å². The molecule has 360 valence electrons. The fourth-order valence-corrected chi connectivity index (χ4v) is 5.43. The number of carbonyl (C=O) groups is 7. The molecule has 62 heavy (non-hydrogen) atoms. The van der Waals surface area contributed by atoms with Crippen LogP contribution in [0.2, 0.25) is 0 Å². The van der Waals surface area contributed by atoms with Crippen molar-refractivity contribution >= 4 is 41.4 Å². The van der Waals surface area contributed by atoms with E-state index in [9.17, 15) is 33.6 Å². The number of carbonyl (C=O) groups excluding carboxylic acids is 7. The lowest BCUT2D eigenvalue weighted by molar-refractivity contribution is -0.129. The van der Waals surface area contributed by atoms with Crippen molar-refractivity contribution < 1.29 is 67.8 Å². The Morgan fingerprint density at radius 2 is 0.597 bits per heavy atom. The molecule has 7 amide bonds. The maximum atomic E-state index is 12.5. The monoisotopic (exact) mass is 892 g/mol. The van der Waals surface area contributed by atoms with Crippen molar-refractivity contribution in [2.75, 3.05) is 112 Å². The molecule has 0 aromatic heterocycles. The molecule has 21 nitrogen and oxygen atoms in total. The second-order valence-electron chi connectivity index (χ2n) is 14.9. The molecule has 0 aliphatic carbocycles. The van der Waals surface area contributed by atoms with Crippen LogP contribution in [0.5, 0.6) is 0 Å². The molecule has 0 rings (SSSR count). The summed E-state index contributed by atoms with van der Waals surface area (Å²) in [6.45, 7) is 2.46. The number of ether oxygens (including phenoxy) is 4. The highest BCUT2D eigenvalue weighted by molar-refractivity contribution is 5.78. The Balaban J connectivity index is 5.16. The molecule has 0 bridgehead atoms. The van der Waals surface area contributed by atoms with Crippen LogP contribution in [-0.4, -0.2) is 169 Å². The van der Waals surface area contributed by atoms with Gasteiger partial charge in [0.05, 0.1) is 58.3 Å². The van der Waals surface area contributed by atoms with Gasteiger partial charge in [0.1, 0.15) is 0 Å². The normalized spacial score (nSPS) is 11.1. The third-order valence-corrected chi connectivity index (χ3v) is 8.98. The zero-order chi connectivity index (χ0) is 45.9. The molecule has 0 radical (unpaired) electrons. The minimum atomic E-state index is -0.985. The SMILES string of the molecule is NC(=O)CCOCC(COCCC(=O)NCCCNC(=O)CCCCO)(COCCC(=O)NCCCNC(=O)CCCCO)COCCC(=O)NCCCNC(=O)CCCCO. The van der Waals surface area contributed by atoms with Gasteiger partial charge in [-0.2, -0.15) is 0 Å². The molecule has 0 fully saturated rings. The molecule has 0 aromatic carbocycles. The van der Waals surface area contributed by atoms with Crippen molar-refractivity contribution in [1.29, 1.82) is 0 Å². The van der Waals surface area contributed by atoms with Crippen molar-refractivity contribution in [2.24, 2.45) is 11.1 Å². The Hall–Kier alpha value is -3.99. The first-order chi connectivity index (χ1) is 30.0. The first-order valence-corrected chi connectivity index (χ1v) is 22.0.